The Bertz CT molecular complexity index is 324. The molecule has 1 atom stereocenters. The highest BCUT2D eigenvalue weighted by Crippen LogP contribution is 2.16. The lowest BCUT2D eigenvalue weighted by atomic mass is 10.2. The zero-order chi connectivity index (χ0) is 10.0. The van der Waals surface area contributed by atoms with Gasteiger partial charge in [0.15, 0.2) is 0 Å². The number of nitrogens with two attached hydrogens (primary N) is 1. The highest BCUT2D eigenvalue weighted by atomic mass is 35.5. The van der Waals surface area contributed by atoms with Crippen LogP contribution in [-0.4, -0.2) is 20.6 Å². The normalized spacial score (nSPS) is 12.8. The van der Waals surface area contributed by atoms with Gasteiger partial charge in [-0.2, -0.15) is 0 Å². The van der Waals surface area contributed by atoms with E-state index in [1.54, 1.807) is 11.6 Å². The predicted octanol–water partition coefficient (Wildman–Crippen LogP) is 0.548. The third kappa shape index (κ3) is 2.19. The first-order chi connectivity index (χ1) is 6.02. The van der Waals surface area contributed by atoms with Crippen molar-refractivity contribution < 1.29 is 9.90 Å². The molecule has 5 nitrogen and oxygen atoms in total. The van der Waals surface area contributed by atoms with E-state index >= 15 is 0 Å². The minimum absolute atomic E-state index is 0.152. The van der Waals surface area contributed by atoms with Gasteiger partial charge in [-0.25, -0.2) is 4.98 Å². The van der Waals surface area contributed by atoms with Crippen LogP contribution in [0.25, 0.3) is 0 Å². The first-order valence-electron chi connectivity index (χ1n) is 3.67. The molecule has 0 aliphatic heterocycles. The van der Waals surface area contributed by atoms with Gasteiger partial charge in [0, 0.05) is 7.05 Å². The van der Waals surface area contributed by atoms with E-state index in [2.05, 4.69) is 4.98 Å². The average molecular weight is 204 g/mol. The fourth-order valence-corrected chi connectivity index (χ4v) is 1.16. The Balaban J connectivity index is 2.82. The minimum atomic E-state index is -0.952. The van der Waals surface area contributed by atoms with Crippen molar-refractivity contribution in [2.24, 2.45) is 12.8 Å². The van der Waals surface area contributed by atoms with E-state index in [0.717, 1.165) is 0 Å². The van der Waals surface area contributed by atoms with E-state index in [-0.39, 0.29) is 6.42 Å². The van der Waals surface area contributed by atoms with Gasteiger partial charge in [0.25, 0.3) is 0 Å². The summed E-state index contributed by atoms with van der Waals surface area (Å²) in [5.41, 5.74) is 5.59. The second-order valence-electron chi connectivity index (χ2n) is 2.70. The third-order valence-electron chi connectivity index (χ3n) is 1.69. The van der Waals surface area contributed by atoms with Crippen LogP contribution in [0, 0.1) is 0 Å². The molecule has 0 saturated carbocycles. The number of rotatable bonds is 3. The molecule has 72 valence electrons. The molecule has 0 aliphatic carbocycles. The first kappa shape index (κ1) is 10.0. The largest absolute Gasteiger partial charge is 0.481 e. The summed E-state index contributed by atoms with van der Waals surface area (Å²) in [7, 11) is 1.69. The lowest BCUT2D eigenvalue weighted by molar-refractivity contribution is -0.137. The van der Waals surface area contributed by atoms with Crippen LogP contribution in [-0.2, 0) is 11.8 Å². The zero-order valence-corrected chi connectivity index (χ0v) is 7.82. The Labute approximate surface area is 80.1 Å². The van der Waals surface area contributed by atoms with E-state index in [1.165, 1.54) is 6.20 Å². The Morgan fingerprint density at radius 1 is 1.92 bits per heavy atom. The van der Waals surface area contributed by atoms with Crippen molar-refractivity contribution in [1.29, 1.82) is 0 Å². The second kappa shape index (κ2) is 3.76. The number of imidazole rings is 1. The van der Waals surface area contributed by atoms with E-state index in [4.69, 9.17) is 22.4 Å². The molecule has 1 unspecified atom stereocenters. The molecule has 6 heteroatoms. The zero-order valence-electron chi connectivity index (χ0n) is 7.07. The highest BCUT2D eigenvalue weighted by molar-refractivity contribution is 6.29. The molecule has 0 aliphatic rings. The molecule has 3 N–H and O–H groups in total. The number of carboxylic acids is 1. The number of hydrogen-bond acceptors (Lipinski definition) is 3. The fraction of sp³-hybridized carbons (Fsp3) is 0.429. The van der Waals surface area contributed by atoms with Crippen LogP contribution in [0.1, 0.15) is 18.3 Å². The molecule has 1 aromatic rings. The summed E-state index contributed by atoms with van der Waals surface area (Å²) in [6.07, 6.45) is 1.29. The van der Waals surface area contributed by atoms with Crippen molar-refractivity contribution in [3.63, 3.8) is 0 Å². The van der Waals surface area contributed by atoms with Gasteiger partial charge in [0.05, 0.1) is 18.7 Å². The van der Waals surface area contributed by atoms with Crippen LogP contribution in [0.15, 0.2) is 6.20 Å². The molecule has 13 heavy (non-hydrogen) atoms. The van der Waals surface area contributed by atoms with Crippen molar-refractivity contribution in [2.75, 3.05) is 0 Å². The van der Waals surface area contributed by atoms with Crippen LogP contribution >= 0.6 is 11.6 Å². The Hall–Kier alpha value is -1.07. The van der Waals surface area contributed by atoms with Gasteiger partial charge in [-0.3, -0.25) is 4.79 Å². The molecule has 1 aromatic heterocycles. The number of hydrogen-bond donors (Lipinski definition) is 2. The van der Waals surface area contributed by atoms with Gasteiger partial charge in [-0.05, 0) is 0 Å². The smallest absolute Gasteiger partial charge is 0.305 e. The van der Waals surface area contributed by atoms with Crippen molar-refractivity contribution >= 4 is 17.6 Å². The number of carboxylic acid groups (broad SMARTS) is 1. The standard InChI is InChI=1S/C7H10ClN3O2/c1-11-5(8)3-10-7(11)4(9)2-6(12)13/h3-4H,2,9H2,1H3,(H,12,13). The topological polar surface area (TPSA) is 81.1 Å². The van der Waals surface area contributed by atoms with Gasteiger partial charge in [-0.15, -0.1) is 0 Å². The summed E-state index contributed by atoms with van der Waals surface area (Å²) in [5.74, 6) is -0.473. The monoisotopic (exact) mass is 203 g/mol. The maximum atomic E-state index is 10.4. The number of aliphatic carboxylic acids is 1. The summed E-state index contributed by atoms with van der Waals surface area (Å²) in [4.78, 5) is 14.3. The number of carbonyl (C=O) groups is 1. The fourth-order valence-electron chi connectivity index (χ4n) is 1.03. The molecule has 1 rings (SSSR count). The van der Waals surface area contributed by atoms with E-state index < -0.39 is 12.0 Å². The van der Waals surface area contributed by atoms with Crippen molar-refractivity contribution in [1.82, 2.24) is 9.55 Å². The third-order valence-corrected chi connectivity index (χ3v) is 2.04. The van der Waals surface area contributed by atoms with E-state index in [0.29, 0.717) is 11.0 Å². The number of aromatic nitrogens is 2. The second-order valence-corrected chi connectivity index (χ2v) is 3.09. The molecule has 0 aromatic carbocycles. The summed E-state index contributed by atoms with van der Waals surface area (Å²) >= 11 is 5.71. The van der Waals surface area contributed by atoms with Gasteiger partial charge in [-0.1, -0.05) is 11.6 Å². The molecule has 0 bridgehead atoms. The lowest BCUT2D eigenvalue weighted by Crippen LogP contribution is -2.18. The first-order valence-corrected chi connectivity index (χ1v) is 4.04. The van der Waals surface area contributed by atoms with Gasteiger partial charge in [0.2, 0.25) is 0 Å². The van der Waals surface area contributed by atoms with E-state index in [9.17, 15) is 4.79 Å². The molecule has 1 heterocycles. The predicted molar refractivity (Wildman–Crippen MR) is 47.4 cm³/mol. The average Bonchev–Trinajstić information content (AvgIpc) is 2.31. The minimum Gasteiger partial charge on any atom is -0.481 e. The van der Waals surface area contributed by atoms with Crippen molar-refractivity contribution in [3.8, 4) is 0 Å². The molecule has 0 spiro atoms. The van der Waals surface area contributed by atoms with Gasteiger partial charge >= 0.3 is 5.97 Å². The molecule has 0 fully saturated rings. The molecular formula is C7H10ClN3O2. The Morgan fingerprint density at radius 3 is 2.92 bits per heavy atom. The summed E-state index contributed by atoms with van der Waals surface area (Å²) < 4.78 is 1.56. The van der Waals surface area contributed by atoms with Gasteiger partial charge < -0.3 is 15.4 Å². The quantitative estimate of drug-likeness (QED) is 0.752. The maximum Gasteiger partial charge on any atom is 0.305 e. The lowest BCUT2D eigenvalue weighted by Gasteiger charge is -2.08. The van der Waals surface area contributed by atoms with Crippen molar-refractivity contribution in [3.05, 3.63) is 17.2 Å². The maximum absolute atomic E-state index is 10.4. The van der Waals surface area contributed by atoms with Crippen LogP contribution in [0.3, 0.4) is 0 Å². The number of halogens is 1. The Kier molecular flexibility index (Phi) is 2.90. The summed E-state index contributed by atoms with van der Waals surface area (Å²) in [6.45, 7) is 0. The van der Waals surface area contributed by atoms with Crippen LogP contribution < -0.4 is 5.73 Å². The Morgan fingerprint density at radius 2 is 2.54 bits per heavy atom. The molecule has 0 amide bonds. The molecular weight excluding hydrogens is 194 g/mol. The summed E-state index contributed by atoms with van der Waals surface area (Å²) in [6, 6.07) is -0.616. The number of nitrogens with zero attached hydrogens (tertiary/aromatic N) is 2. The molecule has 0 radical (unpaired) electrons. The van der Waals surface area contributed by atoms with Gasteiger partial charge in [0.1, 0.15) is 11.0 Å². The van der Waals surface area contributed by atoms with Crippen LogP contribution in [0.4, 0.5) is 0 Å². The summed E-state index contributed by atoms with van der Waals surface area (Å²) in [5, 5.41) is 8.93. The van der Waals surface area contributed by atoms with Crippen LogP contribution in [0.2, 0.25) is 5.15 Å². The van der Waals surface area contributed by atoms with E-state index in [1.807, 2.05) is 0 Å². The SMILES string of the molecule is Cn1c(Cl)cnc1C(N)CC(=O)O. The highest BCUT2D eigenvalue weighted by Gasteiger charge is 2.16. The molecule has 0 saturated heterocycles. The van der Waals surface area contributed by atoms with Crippen molar-refractivity contribution in [2.45, 2.75) is 12.5 Å². The van der Waals surface area contributed by atoms with Crippen LogP contribution in [0.5, 0.6) is 0 Å².